The van der Waals surface area contributed by atoms with Gasteiger partial charge in [0.25, 0.3) is 0 Å². The largest absolute Gasteiger partial charge is 0.383 e. The van der Waals surface area contributed by atoms with Crippen LogP contribution in [0.15, 0.2) is 17.2 Å². The molecule has 2 N–H and O–H groups in total. The van der Waals surface area contributed by atoms with Crippen LogP contribution in [0.1, 0.15) is 29.2 Å². The number of methoxy groups -OCH3 is 1. The second kappa shape index (κ2) is 7.97. The van der Waals surface area contributed by atoms with E-state index in [1.807, 2.05) is 6.92 Å². The Morgan fingerprint density at radius 3 is 2.50 bits per heavy atom. The Labute approximate surface area is 126 Å². The molecular weight excluding hydrogens is 270 g/mol. The Morgan fingerprint density at radius 2 is 1.85 bits per heavy atom. The molecule has 0 heterocycles. The van der Waals surface area contributed by atoms with Gasteiger partial charge in [0, 0.05) is 19.2 Å². The Hall–Kier alpha value is -1.46. The number of hydrazone groups is 1. The predicted octanol–water partition coefficient (Wildman–Crippen LogP) is 2.45. The lowest BCUT2D eigenvalue weighted by Crippen LogP contribution is -2.34. The van der Waals surface area contributed by atoms with E-state index in [2.05, 4.69) is 48.7 Å². The fourth-order valence-electron chi connectivity index (χ4n) is 1.85. The van der Waals surface area contributed by atoms with E-state index in [1.54, 1.807) is 7.11 Å². The summed E-state index contributed by atoms with van der Waals surface area (Å²) in [6, 6.07) is 4.34. The highest BCUT2D eigenvalue weighted by atomic mass is 32.1. The first-order valence-corrected chi connectivity index (χ1v) is 7.01. The van der Waals surface area contributed by atoms with Crippen molar-refractivity contribution < 1.29 is 4.74 Å². The summed E-state index contributed by atoms with van der Waals surface area (Å²) in [5.74, 6) is 0. The second-order valence-corrected chi connectivity index (χ2v) is 5.22. The van der Waals surface area contributed by atoms with Crippen molar-refractivity contribution in [1.29, 1.82) is 0 Å². The topological polar surface area (TPSA) is 45.6 Å². The lowest BCUT2D eigenvalue weighted by molar-refractivity contribution is 0.204. The fourth-order valence-corrected chi connectivity index (χ4v) is 2.00. The SMILES string of the molecule is COCCNC(=S)N/N=C(/C)c1cc(C)c(C)cc1C. The van der Waals surface area contributed by atoms with E-state index in [0.29, 0.717) is 18.3 Å². The molecular formula is C15H23N3OS. The van der Waals surface area contributed by atoms with Crippen LogP contribution in [0.5, 0.6) is 0 Å². The first-order valence-electron chi connectivity index (χ1n) is 6.61. The average molecular weight is 293 g/mol. The molecule has 0 aromatic heterocycles. The summed E-state index contributed by atoms with van der Waals surface area (Å²) in [5.41, 5.74) is 8.69. The van der Waals surface area contributed by atoms with Gasteiger partial charge in [-0.1, -0.05) is 6.07 Å². The molecule has 0 radical (unpaired) electrons. The summed E-state index contributed by atoms with van der Waals surface area (Å²) in [6.07, 6.45) is 0. The summed E-state index contributed by atoms with van der Waals surface area (Å²) in [5, 5.41) is 7.84. The van der Waals surface area contributed by atoms with Gasteiger partial charge in [-0.05, 0) is 62.7 Å². The van der Waals surface area contributed by atoms with E-state index in [9.17, 15) is 0 Å². The van der Waals surface area contributed by atoms with Crippen molar-refractivity contribution in [3.63, 3.8) is 0 Å². The zero-order valence-electron chi connectivity index (χ0n) is 12.8. The quantitative estimate of drug-likeness (QED) is 0.379. The smallest absolute Gasteiger partial charge is 0.187 e. The van der Waals surface area contributed by atoms with Gasteiger partial charge in [0.2, 0.25) is 0 Å². The molecule has 0 saturated carbocycles. The van der Waals surface area contributed by atoms with Crippen LogP contribution < -0.4 is 10.7 Å². The Kier molecular flexibility index (Phi) is 6.61. The van der Waals surface area contributed by atoms with Crippen molar-refractivity contribution in [2.45, 2.75) is 27.7 Å². The third kappa shape index (κ3) is 4.90. The maximum Gasteiger partial charge on any atom is 0.187 e. The molecule has 110 valence electrons. The van der Waals surface area contributed by atoms with Gasteiger partial charge in [0.15, 0.2) is 5.11 Å². The fraction of sp³-hybridized carbons (Fsp3) is 0.467. The number of benzene rings is 1. The van der Waals surface area contributed by atoms with E-state index >= 15 is 0 Å². The molecule has 0 aliphatic rings. The minimum absolute atomic E-state index is 0.503. The number of nitrogens with one attached hydrogen (secondary N) is 2. The number of ether oxygens (including phenoxy) is 1. The molecule has 20 heavy (non-hydrogen) atoms. The first-order chi connectivity index (χ1) is 9.45. The lowest BCUT2D eigenvalue weighted by atomic mass is 9.98. The highest BCUT2D eigenvalue weighted by Gasteiger charge is 2.05. The number of hydrogen-bond acceptors (Lipinski definition) is 3. The molecule has 0 aliphatic carbocycles. The molecule has 0 atom stereocenters. The zero-order valence-corrected chi connectivity index (χ0v) is 13.6. The molecule has 0 unspecified atom stereocenters. The summed E-state index contributed by atoms with van der Waals surface area (Å²) in [4.78, 5) is 0. The molecule has 0 amide bonds. The average Bonchev–Trinajstić information content (AvgIpc) is 2.40. The van der Waals surface area contributed by atoms with E-state index < -0.39 is 0 Å². The number of hydrogen-bond donors (Lipinski definition) is 2. The van der Waals surface area contributed by atoms with Crippen LogP contribution in [0.2, 0.25) is 0 Å². The van der Waals surface area contributed by atoms with Crippen molar-refractivity contribution in [3.05, 3.63) is 34.4 Å². The summed E-state index contributed by atoms with van der Waals surface area (Å²) >= 11 is 5.13. The number of rotatable bonds is 5. The van der Waals surface area contributed by atoms with Crippen molar-refractivity contribution >= 4 is 23.0 Å². The number of aryl methyl sites for hydroxylation is 3. The van der Waals surface area contributed by atoms with Gasteiger partial charge in [-0.25, -0.2) is 0 Å². The highest BCUT2D eigenvalue weighted by Crippen LogP contribution is 2.15. The molecule has 1 aromatic rings. The number of thiocarbonyl (C=S) groups is 1. The van der Waals surface area contributed by atoms with E-state index in [4.69, 9.17) is 17.0 Å². The molecule has 0 saturated heterocycles. The second-order valence-electron chi connectivity index (χ2n) is 4.81. The third-order valence-corrected chi connectivity index (χ3v) is 3.38. The number of nitrogens with zero attached hydrogens (tertiary/aromatic N) is 1. The minimum Gasteiger partial charge on any atom is -0.383 e. The van der Waals surface area contributed by atoms with Crippen LogP contribution in [0.3, 0.4) is 0 Å². The molecule has 0 fully saturated rings. The third-order valence-electron chi connectivity index (χ3n) is 3.15. The van der Waals surface area contributed by atoms with Crippen LogP contribution in [-0.2, 0) is 4.74 Å². The monoisotopic (exact) mass is 293 g/mol. The van der Waals surface area contributed by atoms with Crippen molar-refractivity contribution in [2.24, 2.45) is 5.10 Å². The molecule has 0 aliphatic heterocycles. The van der Waals surface area contributed by atoms with Crippen LogP contribution in [-0.4, -0.2) is 31.1 Å². The molecule has 0 spiro atoms. The lowest BCUT2D eigenvalue weighted by Gasteiger charge is -2.11. The summed E-state index contributed by atoms with van der Waals surface area (Å²) < 4.78 is 4.94. The van der Waals surface area contributed by atoms with Crippen LogP contribution in [0.25, 0.3) is 0 Å². The van der Waals surface area contributed by atoms with E-state index in [-0.39, 0.29) is 0 Å². The van der Waals surface area contributed by atoms with Gasteiger partial charge in [0.1, 0.15) is 0 Å². The van der Waals surface area contributed by atoms with Crippen LogP contribution >= 0.6 is 12.2 Å². The van der Waals surface area contributed by atoms with Gasteiger partial charge in [0.05, 0.1) is 12.3 Å². The minimum atomic E-state index is 0.503. The van der Waals surface area contributed by atoms with Crippen LogP contribution in [0, 0.1) is 20.8 Å². The normalized spacial score (nSPS) is 11.3. The molecule has 1 aromatic carbocycles. The summed E-state index contributed by atoms with van der Waals surface area (Å²) in [7, 11) is 1.66. The Morgan fingerprint density at radius 1 is 1.20 bits per heavy atom. The highest BCUT2D eigenvalue weighted by molar-refractivity contribution is 7.80. The van der Waals surface area contributed by atoms with Crippen LogP contribution in [0.4, 0.5) is 0 Å². The van der Waals surface area contributed by atoms with E-state index in [1.165, 1.54) is 16.7 Å². The maximum atomic E-state index is 5.13. The maximum absolute atomic E-state index is 5.13. The zero-order chi connectivity index (χ0) is 15.1. The molecule has 5 heteroatoms. The molecule has 4 nitrogen and oxygen atoms in total. The van der Waals surface area contributed by atoms with Gasteiger partial charge in [-0.3, -0.25) is 5.43 Å². The Bertz CT molecular complexity index is 512. The van der Waals surface area contributed by atoms with Crippen molar-refractivity contribution in [3.8, 4) is 0 Å². The van der Waals surface area contributed by atoms with Gasteiger partial charge in [-0.2, -0.15) is 5.10 Å². The van der Waals surface area contributed by atoms with Crippen molar-refractivity contribution in [1.82, 2.24) is 10.7 Å². The van der Waals surface area contributed by atoms with Crippen molar-refractivity contribution in [2.75, 3.05) is 20.3 Å². The first kappa shape index (κ1) is 16.6. The van der Waals surface area contributed by atoms with Gasteiger partial charge in [-0.15, -0.1) is 0 Å². The van der Waals surface area contributed by atoms with Gasteiger partial charge < -0.3 is 10.1 Å². The summed E-state index contributed by atoms with van der Waals surface area (Å²) in [6.45, 7) is 9.57. The predicted molar refractivity (Wildman–Crippen MR) is 88.5 cm³/mol. The standard InChI is InChI=1S/C15H23N3OS/c1-10-8-12(3)14(9-11(10)2)13(4)17-18-15(20)16-6-7-19-5/h8-9H,6-7H2,1-5H3,(H2,16,18,20)/b17-13-. The molecule has 0 bridgehead atoms. The Balaban J connectivity index is 2.70. The molecule has 1 rings (SSSR count). The van der Waals surface area contributed by atoms with E-state index in [0.717, 1.165) is 11.3 Å². The van der Waals surface area contributed by atoms with Gasteiger partial charge >= 0.3 is 0 Å².